The van der Waals surface area contributed by atoms with E-state index in [1.807, 2.05) is 0 Å². The summed E-state index contributed by atoms with van der Waals surface area (Å²) in [6.45, 7) is 0. The van der Waals surface area contributed by atoms with Crippen LogP contribution in [-0.4, -0.2) is 9.97 Å². The van der Waals surface area contributed by atoms with E-state index < -0.39 is 6.43 Å². The molecule has 0 aliphatic carbocycles. The standard InChI is InChI=1S/C8H7F2N3/c9-8(10)4-1-2-5-7(6(4)11)13-3-12-5/h1-3,8H,11H2,(H,12,13). The van der Waals surface area contributed by atoms with Crippen molar-refractivity contribution >= 4 is 16.7 Å². The normalized spacial score (nSPS) is 11.3. The second kappa shape index (κ2) is 2.69. The van der Waals surface area contributed by atoms with Crippen LogP contribution >= 0.6 is 0 Å². The monoisotopic (exact) mass is 183 g/mol. The Labute approximate surface area is 72.6 Å². The van der Waals surface area contributed by atoms with Gasteiger partial charge in [-0.2, -0.15) is 0 Å². The van der Waals surface area contributed by atoms with Crippen molar-refractivity contribution in [2.45, 2.75) is 6.43 Å². The molecule has 0 aliphatic heterocycles. The van der Waals surface area contributed by atoms with Crippen LogP contribution < -0.4 is 5.73 Å². The summed E-state index contributed by atoms with van der Waals surface area (Å²) in [4.78, 5) is 6.64. The van der Waals surface area contributed by atoms with E-state index >= 15 is 0 Å². The number of aromatic amines is 1. The lowest BCUT2D eigenvalue weighted by Gasteiger charge is -2.03. The summed E-state index contributed by atoms with van der Waals surface area (Å²) >= 11 is 0. The van der Waals surface area contributed by atoms with Gasteiger partial charge in [-0.3, -0.25) is 0 Å². The van der Waals surface area contributed by atoms with Gasteiger partial charge in [0.1, 0.15) is 5.52 Å². The molecule has 0 saturated heterocycles. The Morgan fingerprint density at radius 2 is 2.15 bits per heavy atom. The first kappa shape index (κ1) is 7.97. The van der Waals surface area contributed by atoms with Crippen molar-refractivity contribution in [2.24, 2.45) is 0 Å². The molecule has 1 aromatic carbocycles. The lowest BCUT2D eigenvalue weighted by atomic mass is 10.1. The quantitative estimate of drug-likeness (QED) is 0.665. The third-order valence-electron chi connectivity index (χ3n) is 1.90. The van der Waals surface area contributed by atoms with Crippen molar-refractivity contribution in [3.8, 4) is 0 Å². The Kier molecular flexibility index (Phi) is 1.65. The van der Waals surface area contributed by atoms with Gasteiger partial charge in [0.15, 0.2) is 0 Å². The van der Waals surface area contributed by atoms with Crippen molar-refractivity contribution in [1.29, 1.82) is 0 Å². The molecule has 13 heavy (non-hydrogen) atoms. The minimum atomic E-state index is -2.55. The molecular formula is C8H7F2N3. The maximum atomic E-state index is 12.3. The molecule has 2 aromatic rings. The number of alkyl halides is 2. The number of hydrogen-bond acceptors (Lipinski definition) is 2. The van der Waals surface area contributed by atoms with Crippen LogP contribution in [0.2, 0.25) is 0 Å². The molecule has 0 spiro atoms. The first-order valence-electron chi connectivity index (χ1n) is 3.69. The largest absolute Gasteiger partial charge is 0.397 e. The van der Waals surface area contributed by atoms with E-state index in [4.69, 9.17) is 5.73 Å². The zero-order valence-corrected chi connectivity index (χ0v) is 6.59. The molecule has 1 heterocycles. The van der Waals surface area contributed by atoms with Crippen molar-refractivity contribution in [2.75, 3.05) is 5.73 Å². The van der Waals surface area contributed by atoms with Crippen LogP contribution in [0.1, 0.15) is 12.0 Å². The Morgan fingerprint density at radius 3 is 2.85 bits per heavy atom. The van der Waals surface area contributed by atoms with Crippen LogP contribution in [0.3, 0.4) is 0 Å². The number of anilines is 1. The third kappa shape index (κ3) is 1.12. The summed E-state index contributed by atoms with van der Waals surface area (Å²) in [5.74, 6) is 0. The molecule has 0 fully saturated rings. The fraction of sp³-hybridized carbons (Fsp3) is 0.125. The predicted molar refractivity (Wildman–Crippen MR) is 45.5 cm³/mol. The molecule has 0 radical (unpaired) electrons. The fourth-order valence-corrected chi connectivity index (χ4v) is 1.24. The number of nitrogens with zero attached hydrogens (tertiary/aromatic N) is 1. The van der Waals surface area contributed by atoms with Gasteiger partial charge in [0, 0.05) is 5.56 Å². The number of nitrogens with two attached hydrogens (primary N) is 1. The number of rotatable bonds is 1. The summed E-state index contributed by atoms with van der Waals surface area (Å²) in [6, 6.07) is 2.85. The van der Waals surface area contributed by atoms with E-state index in [9.17, 15) is 8.78 Å². The lowest BCUT2D eigenvalue weighted by Crippen LogP contribution is -1.95. The van der Waals surface area contributed by atoms with Gasteiger partial charge in [-0.15, -0.1) is 0 Å². The second-order valence-electron chi connectivity index (χ2n) is 2.67. The highest BCUT2D eigenvalue weighted by Gasteiger charge is 2.14. The smallest absolute Gasteiger partial charge is 0.265 e. The number of imidazole rings is 1. The molecule has 0 bridgehead atoms. The zero-order valence-electron chi connectivity index (χ0n) is 6.59. The number of aromatic nitrogens is 2. The number of fused-ring (bicyclic) bond motifs is 1. The Bertz CT molecular complexity index is 436. The highest BCUT2D eigenvalue weighted by molar-refractivity contribution is 5.88. The van der Waals surface area contributed by atoms with Gasteiger partial charge in [-0.25, -0.2) is 13.8 Å². The van der Waals surface area contributed by atoms with E-state index in [1.54, 1.807) is 6.07 Å². The van der Waals surface area contributed by atoms with Gasteiger partial charge < -0.3 is 10.7 Å². The van der Waals surface area contributed by atoms with Crippen LogP contribution in [0.15, 0.2) is 18.5 Å². The first-order valence-corrected chi connectivity index (χ1v) is 3.69. The van der Waals surface area contributed by atoms with Gasteiger partial charge in [-0.05, 0) is 12.1 Å². The predicted octanol–water partition coefficient (Wildman–Crippen LogP) is 2.08. The molecule has 0 aliphatic rings. The number of H-pyrrole nitrogens is 1. The molecule has 0 atom stereocenters. The van der Waals surface area contributed by atoms with E-state index in [0.717, 1.165) is 0 Å². The van der Waals surface area contributed by atoms with E-state index in [0.29, 0.717) is 11.0 Å². The first-order chi connectivity index (χ1) is 6.20. The molecule has 0 saturated carbocycles. The van der Waals surface area contributed by atoms with Gasteiger partial charge in [0.05, 0.1) is 17.5 Å². The maximum absolute atomic E-state index is 12.3. The van der Waals surface area contributed by atoms with E-state index in [-0.39, 0.29) is 11.3 Å². The van der Waals surface area contributed by atoms with Gasteiger partial charge in [-0.1, -0.05) is 0 Å². The number of benzene rings is 1. The summed E-state index contributed by atoms with van der Waals surface area (Å²) in [5.41, 5.74) is 6.45. The minimum Gasteiger partial charge on any atom is -0.397 e. The average molecular weight is 183 g/mol. The van der Waals surface area contributed by atoms with Crippen LogP contribution in [0.5, 0.6) is 0 Å². The summed E-state index contributed by atoms with van der Waals surface area (Å²) in [5, 5.41) is 0. The fourth-order valence-electron chi connectivity index (χ4n) is 1.24. The van der Waals surface area contributed by atoms with Crippen molar-refractivity contribution in [1.82, 2.24) is 9.97 Å². The number of halogens is 2. The van der Waals surface area contributed by atoms with Crippen LogP contribution in [0.4, 0.5) is 14.5 Å². The Balaban J connectivity index is 2.73. The zero-order chi connectivity index (χ0) is 9.42. The minimum absolute atomic E-state index is 0.0498. The number of nitrogen functional groups attached to an aromatic ring is 1. The number of hydrogen-bond donors (Lipinski definition) is 2. The Hall–Kier alpha value is -1.65. The summed E-state index contributed by atoms with van der Waals surface area (Å²) < 4.78 is 24.7. The van der Waals surface area contributed by atoms with E-state index in [2.05, 4.69) is 9.97 Å². The number of nitrogens with one attached hydrogen (secondary N) is 1. The maximum Gasteiger partial charge on any atom is 0.265 e. The second-order valence-corrected chi connectivity index (χ2v) is 2.67. The molecule has 0 amide bonds. The molecule has 3 N–H and O–H groups in total. The molecule has 0 unspecified atom stereocenters. The Morgan fingerprint density at radius 1 is 1.38 bits per heavy atom. The average Bonchev–Trinajstić information content (AvgIpc) is 2.52. The topological polar surface area (TPSA) is 54.7 Å². The molecular weight excluding hydrogens is 176 g/mol. The van der Waals surface area contributed by atoms with Crippen LogP contribution in [0.25, 0.3) is 11.0 Å². The molecule has 1 aromatic heterocycles. The van der Waals surface area contributed by atoms with E-state index in [1.165, 1.54) is 12.4 Å². The molecule has 5 heteroatoms. The van der Waals surface area contributed by atoms with Crippen LogP contribution in [-0.2, 0) is 0 Å². The summed E-state index contributed by atoms with van der Waals surface area (Å²) in [6.07, 6.45) is -1.13. The highest BCUT2D eigenvalue weighted by Crippen LogP contribution is 2.29. The van der Waals surface area contributed by atoms with Crippen molar-refractivity contribution in [3.05, 3.63) is 24.0 Å². The third-order valence-corrected chi connectivity index (χ3v) is 1.90. The van der Waals surface area contributed by atoms with Crippen molar-refractivity contribution in [3.63, 3.8) is 0 Å². The molecule has 2 rings (SSSR count). The molecule has 3 nitrogen and oxygen atoms in total. The SMILES string of the molecule is Nc1c(C(F)F)ccc2[nH]cnc12. The van der Waals surface area contributed by atoms with Crippen molar-refractivity contribution < 1.29 is 8.78 Å². The van der Waals surface area contributed by atoms with Crippen LogP contribution in [0, 0.1) is 0 Å². The van der Waals surface area contributed by atoms with Gasteiger partial charge in [0.25, 0.3) is 6.43 Å². The van der Waals surface area contributed by atoms with Gasteiger partial charge >= 0.3 is 0 Å². The highest BCUT2D eigenvalue weighted by atomic mass is 19.3. The van der Waals surface area contributed by atoms with Gasteiger partial charge in [0.2, 0.25) is 0 Å². The molecule has 68 valence electrons. The lowest BCUT2D eigenvalue weighted by molar-refractivity contribution is 0.152. The summed E-state index contributed by atoms with van der Waals surface area (Å²) in [7, 11) is 0.